The maximum atomic E-state index is 9.45. The van der Waals surface area contributed by atoms with Gasteiger partial charge >= 0.3 is 0 Å². The number of hydrogen-bond acceptors (Lipinski definition) is 2. The molecule has 0 aromatic rings. The first-order chi connectivity index (χ1) is 7.81. The zero-order valence-corrected chi connectivity index (χ0v) is 10.5. The van der Waals surface area contributed by atoms with Crippen molar-refractivity contribution in [3.63, 3.8) is 0 Å². The van der Waals surface area contributed by atoms with Crippen LogP contribution in [0.2, 0.25) is 0 Å². The van der Waals surface area contributed by atoms with Crippen molar-refractivity contribution in [3.8, 4) is 11.8 Å². The molecule has 2 nitrogen and oxygen atoms in total. The number of aliphatic hydroxyl groups is 2. The molecular formula is C14H26O2. The molecule has 16 heavy (non-hydrogen) atoms. The van der Waals surface area contributed by atoms with E-state index in [0.29, 0.717) is 6.61 Å². The van der Waals surface area contributed by atoms with E-state index in [2.05, 4.69) is 11.8 Å². The Hall–Kier alpha value is -0.520. The first-order valence-corrected chi connectivity index (χ1v) is 6.58. The minimum atomic E-state index is -0.422. The second kappa shape index (κ2) is 12.5. The average Bonchev–Trinajstić information content (AvgIpc) is 2.30. The van der Waals surface area contributed by atoms with Crippen LogP contribution >= 0.6 is 0 Å². The minimum absolute atomic E-state index is 0.322. The van der Waals surface area contributed by atoms with Crippen molar-refractivity contribution in [2.45, 2.75) is 70.8 Å². The van der Waals surface area contributed by atoms with E-state index in [4.69, 9.17) is 5.11 Å². The summed E-state index contributed by atoms with van der Waals surface area (Å²) in [4.78, 5) is 0. The maximum absolute atomic E-state index is 9.45. The largest absolute Gasteiger partial charge is 0.396 e. The lowest BCUT2D eigenvalue weighted by atomic mass is 10.1. The van der Waals surface area contributed by atoms with Crippen molar-refractivity contribution in [2.75, 3.05) is 6.61 Å². The van der Waals surface area contributed by atoms with Crippen molar-refractivity contribution >= 4 is 0 Å². The second-order valence-corrected chi connectivity index (χ2v) is 4.18. The molecule has 2 heteroatoms. The van der Waals surface area contributed by atoms with E-state index in [9.17, 15) is 5.11 Å². The van der Waals surface area contributed by atoms with Gasteiger partial charge in [0.2, 0.25) is 0 Å². The van der Waals surface area contributed by atoms with Crippen LogP contribution < -0.4 is 0 Å². The van der Waals surface area contributed by atoms with Gasteiger partial charge in [-0.1, -0.05) is 44.9 Å². The molecule has 0 bridgehead atoms. The fourth-order valence-electron chi connectivity index (χ4n) is 1.63. The van der Waals surface area contributed by atoms with Gasteiger partial charge in [-0.05, 0) is 19.3 Å². The molecule has 0 aliphatic rings. The van der Waals surface area contributed by atoms with Crippen LogP contribution in [0.1, 0.15) is 64.7 Å². The molecule has 0 aromatic carbocycles. The lowest BCUT2D eigenvalue weighted by Gasteiger charge is -2.03. The third-order valence-corrected chi connectivity index (χ3v) is 2.58. The standard InChI is InChI=1S/C14H26O2/c1-2-3-11-14(16)12-9-7-5-4-6-8-10-13-15/h14-16H,2,4-10,12-13H2,1H3. The molecule has 0 spiro atoms. The quantitative estimate of drug-likeness (QED) is 0.469. The normalized spacial score (nSPS) is 11.9. The van der Waals surface area contributed by atoms with Gasteiger partial charge in [-0.15, -0.1) is 5.92 Å². The predicted molar refractivity (Wildman–Crippen MR) is 68.1 cm³/mol. The van der Waals surface area contributed by atoms with Gasteiger partial charge in [-0.2, -0.15) is 0 Å². The Morgan fingerprint density at radius 1 is 0.938 bits per heavy atom. The first kappa shape index (κ1) is 15.5. The molecule has 1 atom stereocenters. The van der Waals surface area contributed by atoms with Crippen LogP contribution in [-0.2, 0) is 0 Å². The van der Waals surface area contributed by atoms with Crippen LogP contribution in [0.5, 0.6) is 0 Å². The van der Waals surface area contributed by atoms with Crippen LogP contribution in [0, 0.1) is 11.8 Å². The van der Waals surface area contributed by atoms with Crippen molar-refractivity contribution in [1.82, 2.24) is 0 Å². The van der Waals surface area contributed by atoms with E-state index in [1.807, 2.05) is 6.92 Å². The van der Waals surface area contributed by atoms with Crippen LogP contribution in [0.25, 0.3) is 0 Å². The van der Waals surface area contributed by atoms with E-state index in [0.717, 1.165) is 32.1 Å². The molecule has 0 radical (unpaired) electrons. The number of hydrogen-bond donors (Lipinski definition) is 2. The Labute approximate surface area is 100 Å². The van der Waals surface area contributed by atoms with E-state index >= 15 is 0 Å². The molecule has 0 aromatic heterocycles. The molecule has 0 aliphatic carbocycles. The molecule has 0 aliphatic heterocycles. The van der Waals surface area contributed by atoms with E-state index < -0.39 is 6.10 Å². The average molecular weight is 226 g/mol. The van der Waals surface area contributed by atoms with Gasteiger partial charge in [0.15, 0.2) is 0 Å². The Kier molecular flexibility index (Phi) is 12.1. The molecule has 0 saturated heterocycles. The Balaban J connectivity index is 3.14. The highest BCUT2D eigenvalue weighted by molar-refractivity contribution is 5.03. The third kappa shape index (κ3) is 11.6. The van der Waals surface area contributed by atoms with Crippen molar-refractivity contribution in [2.24, 2.45) is 0 Å². The summed E-state index contributed by atoms with van der Waals surface area (Å²) in [6, 6.07) is 0. The highest BCUT2D eigenvalue weighted by Crippen LogP contribution is 2.09. The van der Waals surface area contributed by atoms with E-state index in [1.54, 1.807) is 0 Å². The predicted octanol–water partition coefficient (Wildman–Crippen LogP) is 2.87. The fraction of sp³-hybridized carbons (Fsp3) is 0.857. The lowest BCUT2D eigenvalue weighted by molar-refractivity contribution is 0.217. The zero-order valence-electron chi connectivity index (χ0n) is 10.5. The van der Waals surface area contributed by atoms with Crippen molar-refractivity contribution in [3.05, 3.63) is 0 Å². The van der Waals surface area contributed by atoms with Gasteiger partial charge in [-0.3, -0.25) is 0 Å². The zero-order chi connectivity index (χ0) is 12.1. The summed E-state index contributed by atoms with van der Waals surface area (Å²) in [6.07, 6.45) is 9.24. The SMILES string of the molecule is CCC#CC(O)CCCCCCCCCO. The van der Waals surface area contributed by atoms with Crippen LogP contribution in [0.4, 0.5) is 0 Å². The molecule has 0 heterocycles. The Morgan fingerprint density at radius 3 is 2.06 bits per heavy atom. The van der Waals surface area contributed by atoms with Crippen LogP contribution in [0.3, 0.4) is 0 Å². The number of unbranched alkanes of at least 4 members (excludes halogenated alkanes) is 6. The highest BCUT2D eigenvalue weighted by atomic mass is 16.3. The summed E-state index contributed by atoms with van der Waals surface area (Å²) in [7, 11) is 0. The summed E-state index contributed by atoms with van der Waals surface area (Å²) in [6.45, 7) is 2.31. The summed E-state index contributed by atoms with van der Waals surface area (Å²) in [5.41, 5.74) is 0. The summed E-state index contributed by atoms with van der Waals surface area (Å²) in [5, 5.41) is 18.0. The van der Waals surface area contributed by atoms with Gasteiger partial charge < -0.3 is 10.2 Å². The Morgan fingerprint density at radius 2 is 1.50 bits per heavy atom. The second-order valence-electron chi connectivity index (χ2n) is 4.18. The minimum Gasteiger partial charge on any atom is -0.396 e. The monoisotopic (exact) mass is 226 g/mol. The lowest BCUT2D eigenvalue weighted by Crippen LogP contribution is -2.02. The number of rotatable bonds is 9. The summed E-state index contributed by atoms with van der Waals surface area (Å²) in [5.74, 6) is 5.73. The fourth-order valence-corrected chi connectivity index (χ4v) is 1.63. The smallest absolute Gasteiger partial charge is 0.114 e. The van der Waals surface area contributed by atoms with Gasteiger partial charge in [0.1, 0.15) is 6.10 Å². The van der Waals surface area contributed by atoms with Gasteiger partial charge in [0, 0.05) is 13.0 Å². The third-order valence-electron chi connectivity index (χ3n) is 2.58. The van der Waals surface area contributed by atoms with E-state index in [-0.39, 0.29) is 0 Å². The summed E-state index contributed by atoms with van der Waals surface area (Å²) >= 11 is 0. The van der Waals surface area contributed by atoms with E-state index in [1.165, 1.54) is 25.7 Å². The molecule has 0 rings (SSSR count). The van der Waals surface area contributed by atoms with Gasteiger partial charge in [-0.25, -0.2) is 0 Å². The van der Waals surface area contributed by atoms with Crippen LogP contribution in [0.15, 0.2) is 0 Å². The van der Waals surface area contributed by atoms with Gasteiger partial charge in [0.05, 0.1) is 0 Å². The number of aliphatic hydroxyl groups excluding tert-OH is 2. The molecular weight excluding hydrogens is 200 g/mol. The van der Waals surface area contributed by atoms with Crippen LogP contribution in [-0.4, -0.2) is 22.9 Å². The maximum Gasteiger partial charge on any atom is 0.114 e. The Bertz CT molecular complexity index is 191. The molecule has 0 saturated carbocycles. The van der Waals surface area contributed by atoms with Gasteiger partial charge in [0.25, 0.3) is 0 Å². The summed E-state index contributed by atoms with van der Waals surface area (Å²) < 4.78 is 0. The molecule has 94 valence electrons. The first-order valence-electron chi connectivity index (χ1n) is 6.58. The molecule has 2 N–H and O–H groups in total. The molecule has 0 fully saturated rings. The van der Waals surface area contributed by atoms with Crippen molar-refractivity contribution < 1.29 is 10.2 Å². The molecule has 0 amide bonds. The highest BCUT2D eigenvalue weighted by Gasteiger charge is 1.98. The van der Waals surface area contributed by atoms with Crippen molar-refractivity contribution in [1.29, 1.82) is 0 Å². The topological polar surface area (TPSA) is 40.5 Å². The molecule has 1 unspecified atom stereocenters.